The zero-order valence-corrected chi connectivity index (χ0v) is 23.2. The summed E-state index contributed by atoms with van der Waals surface area (Å²) in [5.41, 5.74) is 1.98. The molecule has 0 unspecified atom stereocenters. The third-order valence-corrected chi connectivity index (χ3v) is 10.2. The molecule has 9 nitrogen and oxygen atoms in total. The first-order valence-corrected chi connectivity index (χ1v) is 15.6. The van der Waals surface area contributed by atoms with Gasteiger partial charge in [0.15, 0.2) is 15.7 Å². The van der Waals surface area contributed by atoms with Crippen LogP contribution in [0.3, 0.4) is 0 Å². The Kier molecular flexibility index (Phi) is 5.47. The summed E-state index contributed by atoms with van der Waals surface area (Å²) in [5.74, 6) is 0.813. The molecule has 3 heterocycles. The Balaban J connectivity index is 0.917. The summed E-state index contributed by atoms with van der Waals surface area (Å²) in [6.07, 6.45) is 6.37. The second-order valence-electron chi connectivity index (χ2n) is 11.9. The summed E-state index contributed by atoms with van der Waals surface area (Å²) >= 11 is 6.04. The summed E-state index contributed by atoms with van der Waals surface area (Å²) in [4.78, 5) is 21.4. The van der Waals surface area contributed by atoms with Crippen LogP contribution in [-0.2, 0) is 15.4 Å². The van der Waals surface area contributed by atoms with Gasteiger partial charge in [-0.05, 0) is 48.9 Å². The number of hydrogen-bond acceptors (Lipinski definition) is 6. The van der Waals surface area contributed by atoms with E-state index in [1.807, 2.05) is 38.7 Å². The van der Waals surface area contributed by atoms with Gasteiger partial charge in [0.05, 0.1) is 10.9 Å². The highest BCUT2D eigenvalue weighted by molar-refractivity contribution is 7.90. The molecule has 1 aromatic heterocycles. The fourth-order valence-electron chi connectivity index (χ4n) is 6.31. The van der Waals surface area contributed by atoms with Crippen molar-refractivity contribution in [2.45, 2.75) is 48.1 Å². The van der Waals surface area contributed by atoms with Crippen LogP contribution in [0, 0.1) is 5.41 Å². The van der Waals surface area contributed by atoms with E-state index in [-0.39, 0.29) is 22.3 Å². The molecule has 2 saturated heterocycles. The van der Waals surface area contributed by atoms with Crippen LogP contribution >= 0.6 is 11.6 Å². The molecule has 2 aromatic carbocycles. The molecule has 2 aliphatic heterocycles. The maximum atomic E-state index is 13.0. The number of urea groups is 1. The predicted molar refractivity (Wildman–Crippen MR) is 145 cm³/mol. The fourth-order valence-corrected chi connectivity index (χ4v) is 7.47. The van der Waals surface area contributed by atoms with Crippen LogP contribution in [0.4, 0.5) is 4.79 Å². The third-order valence-electron chi connectivity index (χ3n) is 8.87. The van der Waals surface area contributed by atoms with Crippen molar-refractivity contribution in [3.8, 4) is 11.1 Å². The number of benzene rings is 2. The number of carbonyl (C=O) groups is 1. The van der Waals surface area contributed by atoms with E-state index in [1.165, 1.54) is 12.3 Å². The molecule has 11 heteroatoms. The number of aromatic nitrogens is 3. The standard InChI is InChI=1S/C28H30ClN5O4S/c1-39(37,38)24-10-21(29)6-7-23(24)19-4-2-18(3-5-19)20-13-32(14-20)26(35)33-15-27(16-33)11-22(12-27)34-17-30-25(31-34)28(36)8-9-28/h2-7,10,17,20,22,36H,8-9,11-16H2,1H3. The molecule has 0 atom stereocenters. The number of aliphatic hydroxyl groups is 1. The topological polar surface area (TPSA) is 109 Å². The summed E-state index contributed by atoms with van der Waals surface area (Å²) in [7, 11) is -3.42. The van der Waals surface area contributed by atoms with Crippen LogP contribution in [0.25, 0.3) is 11.1 Å². The van der Waals surface area contributed by atoms with E-state index in [0.717, 1.165) is 49.9 Å². The zero-order chi connectivity index (χ0) is 27.2. The van der Waals surface area contributed by atoms with Gasteiger partial charge in [0.2, 0.25) is 0 Å². The van der Waals surface area contributed by atoms with Gasteiger partial charge in [0.1, 0.15) is 11.9 Å². The Bertz CT molecular complexity index is 1560. The summed E-state index contributed by atoms with van der Waals surface area (Å²) < 4.78 is 26.4. The van der Waals surface area contributed by atoms with Gasteiger partial charge in [-0.2, -0.15) is 5.10 Å². The molecule has 4 fully saturated rings. The largest absolute Gasteiger partial charge is 0.382 e. The smallest absolute Gasteiger partial charge is 0.320 e. The highest BCUT2D eigenvalue weighted by atomic mass is 35.5. The number of sulfone groups is 1. The molecule has 7 rings (SSSR count). The summed E-state index contributed by atoms with van der Waals surface area (Å²) in [5, 5.41) is 15.1. The molecular formula is C28H30ClN5O4S. The van der Waals surface area contributed by atoms with E-state index in [4.69, 9.17) is 11.6 Å². The maximum Gasteiger partial charge on any atom is 0.320 e. The van der Waals surface area contributed by atoms with Crippen LogP contribution in [0.15, 0.2) is 53.7 Å². The first-order chi connectivity index (χ1) is 18.5. The normalized spacial score (nSPS) is 21.8. The van der Waals surface area contributed by atoms with Crippen molar-refractivity contribution >= 4 is 27.5 Å². The van der Waals surface area contributed by atoms with Crippen molar-refractivity contribution in [2.75, 3.05) is 32.4 Å². The number of halogens is 1. The fraction of sp³-hybridized carbons (Fsp3) is 0.464. The van der Waals surface area contributed by atoms with Gasteiger partial charge in [0.25, 0.3) is 0 Å². The average Bonchev–Trinajstić information content (AvgIpc) is 3.37. The Labute approximate surface area is 232 Å². The molecule has 1 N–H and O–H groups in total. The number of amides is 2. The van der Waals surface area contributed by atoms with Crippen molar-refractivity contribution < 1.29 is 18.3 Å². The Morgan fingerprint density at radius 3 is 2.38 bits per heavy atom. The molecular weight excluding hydrogens is 538 g/mol. The van der Waals surface area contributed by atoms with Crippen LogP contribution in [0.1, 0.15) is 49.0 Å². The van der Waals surface area contributed by atoms with E-state index in [0.29, 0.717) is 35.5 Å². The van der Waals surface area contributed by atoms with E-state index in [1.54, 1.807) is 18.5 Å². The van der Waals surface area contributed by atoms with Crippen molar-refractivity contribution in [3.05, 3.63) is 65.2 Å². The average molecular weight is 568 g/mol. The van der Waals surface area contributed by atoms with Gasteiger partial charge in [0, 0.05) is 54.4 Å². The number of likely N-dealkylation sites (tertiary alicyclic amines) is 2. The Hall–Kier alpha value is -2.95. The minimum atomic E-state index is -3.42. The lowest BCUT2D eigenvalue weighted by atomic mass is 9.61. The molecule has 2 aliphatic carbocycles. The lowest BCUT2D eigenvalue weighted by Gasteiger charge is -2.60. The lowest BCUT2D eigenvalue weighted by Crippen LogP contribution is -2.67. The second kappa shape index (κ2) is 8.52. The molecule has 204 valence electrons. The van der Waals surface area contributed by atoms with Gasteiger partial charge >= 0.3 is 6.03 Å². The quantitative estimate of drug-likeness (QED) is 0.502. The van der Waals surface area contributed by atoms with E-state index >= 15 is 0 Å². The minimum Gasteiger partial charge on any atom is -0.382 e. The molecule has 1 spiro atoms. The highest BCUT2D eigenvalue weighted by Crippen LogP contribution is 2.54. The summed E-state index contributed by atoms with van der Waals surface area (Å²) in [6, 6.07) is 13.2. The van der Waals surface area contributed by atoms with Crippen LogP contribution in [0.2, 0.25) is 5.02 Å². The number of hydrogen-bond donors (Lipinski definition) is 1. The van der Waals surface area contributed by atoms with Crippen LogP contribution < -0.4 is 0 Å². The van der Waals surface area contributed by atoms with Crippen LogP contribution in [0.5, 0.6) is 0 Å². The van der Waals surface area contributed by atoms with Gasteiger partial charge < -0.3 is 14.9 Å². The molecule has 2 amide bonds. The molecule has 0 bridgehead atoms. The molecule has 4 aliphatic rings. The third kappa shape index (κ3) is 4.33. The SMILES string of the molecule is CS(=O)(=O)c1cc(Cl)ccc1-c1ccc(C2CN(C(=O)N3CC4(CC(n5cnc(C6(O)CC6)n5)C4)C3)C2)cc1. The van der Waals surface area contributed by atoms with Gasteiger partial charge in [-0.1, -0.05) is 41.9 Å². The van der Waals surface area contributed by atoms with E-state index in [2.05, 4.69) is 10.1 Å². The molecule has 3 aromatic rings. The van der Waals surface area contributed by atoms with Crippen molar-refractivity contribution in [1.82, 2.24) is 24.6 Å². The van der Waals surface area contributed by atoms with E-state index in [9.17, 15) is 18.3 Å². The predicted octanol–water partition coefficient (Wildman–Crippen LogP) is 3.84. The maximum absolute atomic E-state index is 13.0. The van der Waals surface area contributed by atoms with Gasteiger partial charge in [-0.15, -0.1) is 0 Å². The Morgan fingerprint density at radius 2 is 1.74 bits per heavy atom. The van der Waals surface area contributed by atoms with Crippen LogP contribution in [-0.4, -0.2) is 76.6 Å². The number of rotatable bonds is 5. The van der Waals surface area contributed by atoms with Crippen molar-refractivity contribution in [2.24, 2.45) is 5.41 Å². The second-order valence-corrected chi connectivity index (χ2v) is 14.3. The van der Waals surface area contributed by atoms with Gasteiger partial charge in [-0.25, -0.2) is 22.9 Å². The number of carbonyl (C=O) groups excluding carboxylic acids is 1. The highest BCUT2D eigenvalue weighted by Gasteiger charge is 2.56. The van der Waals surface area contributed by atoms with E-state index < -0.39 is 15.4 Å². The molecule has 39 heavy (non-hydrogen) atoms. The minimum absolute atomic E-state index is 0.106. The monoisotopic (exact) mass is 567 g/mol. The molecule has 0 radical (unpaired) electrons. The van der Waals surface area contributed by atoms with Gasteiger partial charge in [-0.3, -0.25) is 0 Å². The van der Waals surface area contributed by atoms with Crippen molar-refractivity contribution in [3.63, 3.8) is 0 Å². The lowest BCUT2D eigenvalue weighted by molar-refractivity contribution is -0.0772. The molecule has 2 saturated carbocycles. The zero-order valence-electron chi connectivity index (χ0n) is 21.6. The Morgan fingerprint density at radius 1 is 1.05 bits per heavy atom. The summed E-state index contributed by atoms with van der Waals surface area (Å²) in [6.45, 7) is 2.94. The first kappa shape index (κ1) is 25.0. The van der Waals surface area contributed by atoms with Crippen molar-refractivity contribution in [1.29, 1.82) is 0 Å². The first-order valence-electron chi connectivity index (χ1n) is 13.3. The number of nitrogens with zero attached hydrogens (tertiary/aromatic N) is 5.